The second kappa shape index (κ2) is 6.89. The number of hydrogen-bond donors (Lipinski definition) is 1. The van der Waals surface area contributed by atoms with E-state index in [2.05, 4.69) is 4.98 Å². The van der Waals surface area contributed by atoms with Gasteiger partial charge in [-0.3, -0.25) is 13.9 Å². The van der Waals surface area contributed by atoms with Crippen LogP contribution < -0.4 is 17.0 Å². The molecule has 2 rings (SSSR count). The molecule has 8 nitrogen and oxygen atoms in total. The fourth-order valence-electron chi connectivity index (χ4n) is 2.51. The van der Waals surface area contributed by atoms with E-state index in [4.69, 9.17) is 10.5 Å². The van der Waals surface area contributed by atoms with Crippen molar-refractivity contribution in [1.29, 1.82) is 0 Å². The van der Waals surface area contributed by atoms with Crippen molar-refractivity contribution in [2.75, 3.05) is 13.7 Å². The van der Waals surface area contributed by atoms with Gasteiger partial charge in [0, 0.05) is 33.8 Å². The number of unbranched alkanes of at least 4 members (excludes halogenated alkanes) is 1. The summed E-state index contributed by atoms with van der Waals surface area (Å²) in [5, 5.41) is 0. The Bertz CT molecular complexity index is 771. The predicted octanol–water partition coefficient (Wildman–Crippen LogP) is -0.198. The SMILES string of the molecule is CCCCn1c(=O)n(CCN)c(=O)c2c1nc(COC)n2C. The van der Waals surface area contributed by atoms with Gasteiger partial charge >= 0.3 is 5.69 Å². The lowest BCUT2D eigenvalue weighted by Gasteiger charge is -2.10. The van der Waals surface area contributed by atoms with Crippen molar-refractivity contribution in [2.45, 2.75) is 39.5 Å². The standard InChI is InChI=1S/C14H23N5O3/c1-4-5-7-18-12-11(17(2)10(16-12)9-22-3)13(20)19(8-6-15)14(18)21/h4-9,15H2,1-3H3. The van der Waals surface area contributed by atoms with E-state index >= 15 is 0 Å². The van der Waals surface area contributed by atoms with Gasteiger partial charge in [0.15, 0.2) is 11.2 Å². The van der Waals surface area contributed by atoms with Crippen molar-refractivity contribution < 1.29 is 4.74 Å². The van der Waals surface area contributed by atoms with Crippen molar-refractivity contribution in [3.05, 3.63) is 26.7 Å². The van der Waals surface area contributed by atoms with Crippen molar-refractivity contribution in [2.24, 2.45) is 12.8 Å². The first-order valence-electron chi connectivity index (χ1n) is 7.44. The maximum atomic E-state index is 12.6. The Labute approximate surface area is 128 Å². The monoisotopic (exact) mass is 309 g/mol. The summed E-state index contributed by atoms with van der Waals surface area (Å²) in [6, 6.07) is 0. The number of hydrogen-bond acceptors (Lipinski definition) is 5. The van der Waals surface area contributed by atoms with Gasteiger partial charge in [0.05, 0.1) is 0 Å². The Morgan fingerprint density at radius 2 is 1.95 bits per heavy atom. The van der Waals surface area contributed by atoms with Crippen LogP contribution in [-0.4, -0.2) is 32.3 Å². The van der Waals surface area contributed by atoms with E-state index in [0.717, 1.165) is 12.8 Å². The third kappa shape index (κ3) is 2.71. The van der Waals surface area contributed by atoms with Crippen LogP contribution in [0.1, 0.15) is 25.6 Å². The van der Waals surface area contributed by atoms with Crippen LogP contribution in [0.3, 0.4) is 0 Å². The normalized spacial score (nSPS) is 11.5. The van der Waals surface area contributed by atoms with Crippen molar-refractivity contribution in [3.63, 3.8) is 0 Å². The molecule has 0 amide bonds. The fraction of sp³-hybridized carbons (Fsp3) is 0.643. The largest absolute Gasteiger partial charge is 0.377 e. The minimum absolute atomic E-state index is 0.199. The summed E-state index contributed by atoms with van der Waals surface area (Å²) in [5.74, 6) is 0.616. The maximum Gasteiger partial charge on any atom is 0.332 e. The Hall–Kier alpha value is -1.93. The molecule has 22 heavy (non-hydrogen) atoms. The van der Waals surface area contributed by atoms with Crippen LogP contribution >= 0.6 is 0 Å². The number of fused-ring (bicyclic) bond motifs is 1. The van der Waals surface area contributed by atoms with E-state index in [9.17, 15) is 9.59 Å². The average molecular weight is 309 g/mol. The second-order valence-electron chi connectivity index (χ2n) is 5.23. The molecule has 122 valence electrons. The minimum atomic E-state index is -0.351. The highest BCUT2D eigenvalue weighted by Gasteiger charge is 2.19. The number of nitrogens with two attached hydrogens (primary N) is 1. The van der Waals surface area contributed by atoms with E-state index in [1.165, 1.54) is 4.57 Å². The molecular weight excluding hydrogens is 286 g/mol. The molecule has 2 aromatic heterocycles. The van der Waals surface area contributed by atoms with Crippen LogP contribution in [0.5, 0.6) is 0 Å². The van der Waals surface area contributed by atoms with Gasteiger partial charge in [-0.15, -0.1) is 0 Å². The van der Waals surface area contributed by atoms with E-state index in [-0.39, 0.29) is 30.9 Å². The molecular formula is C14H23N5O3. The number of aryl methyl sites for hydroxylation is 2. The quantitative estimate of drug-likeness (QED) is 0.764. The summed E-state index contributed by atoms with van der Waals surface area (Å²) in [7, 11) is 3.32. The zero-order valence-corrected chi connectivity index (χ0v) is 13.3. The minimum Gasteiger partial charge on any atom is -0.377 e. The zero-order valence-electron chi connectivity index (χ0n) is 13.3. The summed E-state index contributed by atoms with van der Waals surface area (Å²) in [5.41, 5.74) is 5.67. The van der Waals surface area contributed by atoms with Crippen LogP contribution in [0, 0.1) is 0 Å². The molecule has 0 saturated carbocycles. The van der Waals surface area contributed by atoms with Crippen LogP contribution in [0.2, 0.25) is 0 Å². The lowest BCUT2D eigenvalue weighted by Crippen LogP contribution is -2.42. The van der Waals surface area contributed by atoms with Gasteiger partial charge in [0.2, 0.25) is 0 Å². The zero-order chi connectivity index (χ0) is 16.3. The van der Waals surface area contributed by atoms with Gasteiger partial charge in [0.1, 0.15) is 12.4 Å². The Morgan fingerprint density at radius 3 is 2.55 bits per heavy atom. The summed E-state index contributed by atoms with van der Waals surface area (Å²) >= 11 is 0. The molecule has 2 aromatic rings. The third-order valence-electron chi connectivity index (χ3n) is 3.70. The van der Waals surface area contributed by atoms with E-state index in [0.29, 0.717) is 23.5 Å². The summed E-state index contributed by atoms with van der Waals surface area (Å²) in [6.07, 6.45) is 1.79. The highest BCUT2D eigenvalue weighted by Crippen LogP contribution is 2.11. The molecule has 8 heteroatoms. The van der Waals surface area contributed by atoms with E-state index in [1.54, 1.807) is 23.3 Å². The average Bonchev–Trinajstić information content (AvgIpc) is 2.81. The molecule has 0 aliphatic heterocycles. The van der Waals surface area contributed by atoms with Gasteiger partial charge in [-0.2, -0.15) is 0 Å². The maximum absolute atomic E-state index is 12.6. The summed E-state index contributed by atoms with van der Waals surface area (Å²) in [4.78, 5) is 29.6. The first-order chi connectivity index (χ1) is 10.6. The number of aromatic nitrogens is 4. The molecule has 0 atom stereocenters. The smallest absolute Gasteiger partial charge is 0.332 e. The molecule has 0 radical (unpaired) electrons. The lowest BCUT2D eigenvalue weighted by molar-refractivity contribution is 0.175. The Balaban J connectivity index is 2.80. The highest BCUT2D eigenvalue weighted by molar-refractivity contribution is 5.71. The van der Waals surface area contributed by atoms with Gasteiger partial charge < -0.3 is 15.0 Å². The molecule has 0 fully saturated rings. The summed E-state index contributed by atoms with van der Waals surface area (Å²) in [6.45, 7) is 3.29. The summed E-state index contributed by atoms with van der Waals surface area (Å²) < 4.78 is 9.55. The Morgan fingerprint density at radius 1 is 1.23 bits per heavy atom. The molecule has 0 spiro atoms. The molecule has 0 bridgehead atoms. The second-order valence-corrected chi connectivity index (χ2v) is 5.23. The van der Waals surface area contributed by atoms with Crippen LogP contribution in [0.25, 0.3) is 11.2 Å². The van der Waals surface area contributed by atoms with Crippen LogP contribution in [0.15, 0.2) is 9.59 Å². The number of ether oxygens (including phenoxy) is 1. The number of rotatable bonds is 7. The van der Waals surface area contributed by atoms with Crippen molar-refractivity contribution in [3.8, 4) is 0 Å². The topological polar surface area (TPSA) is 97.1 Å². The van der Waals surface area contributed by atoms with E-state index < -0.39 is 0 Å². The number of nitrogens with zero attached hydrogens (tertiary/aromatic N) is 4. The first kappa shape index (κ1) is 16.4. The molecule has 0 aliphatic rings. The van der Waals surface area contributed by atoms with Gasteiger partial charge in [-0.05, 0) is 6.42 Å². The van der Waals surface area contributed by atoms with Crippen molar-refractivity contribution in [1.82, 2.24) is 18.7 Å². The van der Waals surface area contributed by atoms with Crippen LogP contribution in [0.4, 0.5) is 0 Å². The molecule has 0 saturated heterocycles. The van der Waals surface area contributed by atoms with Gasteiger partial charge in [-0.25, -0.2) is 9.78 Å². The number of methoxy groups -OCH3 is 1. The lowest BCUT2D eigenvalue weighted by atomic mass is 10.3. The Kier molecular flexibility index (Phi) is 5.15. The molecule has 2 N–H and O–H groups in total. The fourth-order valence-corrected chi connectivity index (χ4v) is 2.51. The van der Waals surface area contributed by atoms with Gasteiger partial charge in [-0.1, -0.05) is 13.3 Å². The van der Waals surface area contributed by atoms with E-state index in [1.807, 2.05) is 6.92 Å². The molecule has 2 heterocycles. The van der Waals surface area contributed by atoms with Gasteiger partial charge in [0.25, 0.3) is 5.56 Å². The third-order valence-corrected chi connectivity index (χ3v) is 3.70. The number of imidazole rings is 1. The highest BCUT2D eigenvalue weighted by atomic mass is 16.5. The molecule has 0 aromatic carbocycles. The first-order valence-corrected chi connectivity index (χ1v) is 7.44. The molecule has 0 unspecified atom stereocenters. The van der Waals surface area contributed by atoms with Crippen LogP contribution in [-0.2, 0) is 31.5 Å². The predicted molar refractivity (Wildman–Crippen MR) is 83.9 cm³/mol. The molecule has 0 aliphatic carbocycles. The van der Waals surface area contributed by atoms with Crippen molar-refractivity contribution >= 4 is 11.2 Å².